The molecule has 4 nitrogen and oxygen atoms in total. The largest absolute Gasteiger partial charge is 0.352 e. The van der Waals surface area contributed by atoms with Gasteiger partial charge < -0.3 is 11.1 Å². The van der Waals surface area contributed by atoms with Crippen molar-refractivity contribution in [3.05, 3.63) is 0 Å². The highest BCUT2D eigenvalue weighted by Crippen LogP contribution is 2.13. The second-order valence-corrected chi connectivity index (χ2v) is 5.55. The number of rotatable bonds is 6. The lowest BCUT2D eigenvalue weighted by Crippen LogP contribution is -2.47. The number of amides is 1. The molecule has 1 aliphatic rings. The van der Waals surface area contributed by atoms with Gasteiger partial charge in [0.2, 0.25) is 5.91 Å². The summed E-state index contributed by atoms with van der Waals surface area (Å²) < 4.78 is 0. The Morgan fingerprint density at radius 1 is 1.33 bits per heavy atom. The fraction of sp³-hybridized carbons (Fsp3) is 0.929. The van der Waals surface area contributed by atoms with E-state index in [1.165, 1.54) is 0 Å². The molecule has 0 aromatic rings. The molecule has 1 aliphatic heterocycles. The molecule has 0 spiro atoms. The van der Waals surface area contributed by atoms with Gasteiger partial charge in [0.1, 0.15) is 0 Å². The Kier molecular flexibility index (Phi) is 6.65. The summed E-state index contributed by atoms with van der Waals surface area (Å²) in [5, 5.41) is 3.13. The lowest BCUT2D eigenvalue weighted by molar-refractivity contribution is -0.123. The standard InChI is InChI=1S/C14H29N3O/c1-4-12(5-2)11(3)16-14(18)10-17-8-6-13(15)7-9-17/h11-13H,4-10,15H2,1-3H3,(H,16,18). The fourth-order valence-electron chi connectivity index (χ4n) is 2.73. The van der Waals surface area contributed by atoms with Crippen LogP contribution in [0.2, 0.25) is 0 Å². The second kappa shape index (κ2) is 7.74. The molecule has 1 rings (SSSR count). The number of hydrogen-bond donors (Lipinski definition) is 2. The van der Waals surface area contributed by atoms with E-state index in [0.717, 1.165) is 38.8 Å². The molecule has 18 heavy (non-hydrogen) atoms. The Bertz CT molecular complexity index is 245. The highest BCUT2D eigenvalue weighted by molar-refractivity contribution is 5.78. The van der Waals surface area contributed by atoms with E-state index >= 15 is 0 Å². The van der Waals surface area contributed by atoms with Crippen LogP contribution < -0.4 is 11.1 Å². The molecule has 1 heterocycles. The number of nitrogens with zero attached hydrogens (tertiary/aromatic N) is 1. The first-order chi connectivity index (χ1) is 8.56. The maximum absolute atomic E-state index is 12.0. The molecule has 1 amide bonds. The van der Waals surface area contributed by atoms with Crippen LogP contribution in [0.25, 0.3) is 0 Å². The molecular weight excluding hydrogens is 226 g/mol. The molecule has 0 aromatic heterocycles. The quantitative estimate of drug-likeness (QED) is 0.753. The molecule has 0 aliphatic carbocycles. The van der Waals surface area contributed by atoms with Gasteiger partial charge in [0.05, 0.1) is 6.54 Å². The SMILES string of the molecule is CCC(CC)C(C)NC(=O)CN1CCC(N)CC1. The molecule has 106 valence electrons. The number of nitrogens with two attached hydrogens (primary N) is 1. The highest BCUT2D eigenvalue weighted by Gasteiger charge is 2.20. The molecule has 0 bridgehead atoms. The molecule has 1 fully saturated rings. The first-order valence-electron chi connectivity index (χ1n) is 7.34. The lowest BCUT2D eigenvalue weighted by Gasteiger charge is -2.30. The van der Waals surface area contributed by atoms with Gasteiger partial charge in [-0.15, -0.1) is 0 Å². The van der Waals surface area contributed by atoms with Crippen molar-refractivity contribution in [2.75, 3.05) is 19.6 Å². The van der Waals surface area contributed by atoms with Gasteiger partial charge in [-0.3, -0.25) is 9.69 Å². The van der Waals surface area contributed by atoms with Crippen LogP contribution in [0.5, 0.6) is 0 Å². The summed E-state index contributed by atoms with van der Waals surface area (Å²) in [7, 11) is 0. The number of likely N-dealkylation sites (tertiary alicyclic amines) is 1. The van der Waals surface area contributed by atoms with Gasteiger partial charge in [-0.05, 0) is 25.7 Å². The van der Waals surface area contributed by atoms with Crippen LogP contribution in [0.15, 0.2) is 0 Å². The Morgan fingerprint density at radius 3 is 2.39 bits per heavy atom. The Morgan fingerprint density at radius 2 is 1.89 bits per heavy atom. The summed E-state index contributed by atoms with van der Waals surface area (Å²) in [6.45, 7) is 8.91. The Labute approximate surface area is 111 Å². The molecule has 1 unspecified atom stereocenters. The van der Waals surface area contributed by atoms with Crippen LogP contribution in [0.4, 0.5) is 0 Å². The predicted octanol–water partition coefficient (Wildman–Crippen LogP) is 1.35. The van der Waals surface area contributed by atoms with Crippen molar-refractivity contribution in [2.24, 2.45) is 11.7 Å². The Hall–Kier alpha value is -0.610. The summed E-state index contributed by atoms with van der Waals surface area (Å²) >= 11 is 0. The minimum atomic E-state index is 0.157. The van der Waals surface area contributed by atoms with E-state index in [4.69, 9.17) is 5.73 Å². The van der Waals surface area contributed by atoms with Gasteiger partial charge in [-0.25, -0.2) is 0 Å². The number of carbonyl (C=O) groups excluding carboxylic acids is 1. The van der Waals surface area contributed by atoms with Crippen LogP contribution in [0.3, 0.4) is 0 Å². The third-order valence-corrected chi connectivity index (χ3v) is 4.14. The molecule has 1 saturated heterocycles. The van der Waals surface area contributed by atoms with Gasteiger partial charge in [-0.2, -0.15) is 0 Å². The predicted molar refractivity (Wildman–Crippen MR) is 75.3 cm³/mol. The van der Waals surface area contributed by atoms with Gasteiger partial charge in [-0.1, -0.05) is 26.7 Å². The van der Waals surface area contributed by atoms with Gasteiger partial charge in [0.25, 0.3) is 0 Å². The minimum absolute atomic E-state index is 0.157. The number of carbonyl (C=O) groups is 1. The van der Waals surface area contributed by atoms with Crippen LogP contribution >= 0.6 is 0 Å². The summed E-state index contributed by atoms with van der Waals surface area (Å²) in [6, 6.07) is 0.604. The first kappa shape index (κ1) is 15.4. The van der Waals surface area contributed by atoms with E-state index in [1.54, 1.807) is 0 Å². The molecule has 3 N–H and O–H groups in total. The summed E-state index contributed by atoms with van der Waals surface area (Å²) in [5.41, 5.74) is 5.86. The molecule has 0 radical (unpaired) electrons. The third kappa shape index (κ3) is 4.94. The summed E-state index contributed by atoms with van der Waals surface area (Å²) in [4.78, 5) is 14.2. The monoisotopic (exact) mass is 255 g/mol. The van der Waals surface area contributed by atoms with E-state index in [1.807, 2.05) is 0 Å². The normalized spacial score (nSPS) is 20.1. The zero-order valence-electron chi connectivity index (χ0n) is 12.1. The number of nitrogens with one attached hydrogen (secondary N) is 1. The topological polar surface area (TPSA) is 58.4 Å². The van der Waals surface area contributed by atoms with Crippen LogP contribution in [0.1, 0.15) is 46.5 Å². The molecule has 0 saturated carbocycles. The molecule has 0 aromatic carbocycles. The minimum Gasteiger partial charge on any atom is -0.352 e. The maximum atomic E-state index is 12.0. The van der Waals surface area contributed by atoms with Crippen LogP contribution in [0, 0.1) is 5.92 Å². The van der Waals surface area contributed by atoms with Crippen molar-refractivity contribution in [1.82, 2.24) is 10.2 Å². The Balaban J connectivity index is 2.28. The number of hydrogen-bond acceptors (Lipinski definition) is 3. The molecular formula is C14H29N3O. The van der Waals surface area contributed by atoms with Crippen molar-refractivity contribution < 1.29 is 4.79 Å². The van der Waals surface area contributed by atoms with E-state index in [0.29, 0.717) is 18.5 Å². The third-order valence-electron chi connectivity index (χ3n) is 4.14. The summed E-state index contributed by atoms with van der Waals surface area (Å²) in [6.07, 6.45) is 4.26. The van der Waals surface area contributed by atoms with E-state index in [9.17, 15) is 4.79 Å². The summed E-state index contributed by atoms with van der Waals surface area (Å²) in [5.74, 6) is 0.744. The van der Waals surface area contributed by atoms with E-state index in [2.05, 4.69) is 31.0 Å². The van der Waals surface area contributed by atoms with Crippen molar-refractivity contribution in [2.45, 2.75) is 58.5 Å². The smallest absolute Gasteiger partial charge is 0.234 e. The van der Waals surface area contributed by atoms with Crippen molar-refractivity contribution in [3.8, 4) is 0 Å². The van der Waals surface area contributed by atoms with Crippen molar-refractivity contribution in [1.29, 1.82) is 0 Å². The zero-order chi connectivity index (χ0) is 13.5. The lowest BCUT2D eigenvalue weighted by atomic mass is 9.95. The average molecular weight is 255 g/mol. The van der Waals surface area contributed by atoms with Crippen LogP contribution in [-0.4, -0.2) is 42.5 Å². The van der Waals surface area contributed by atoms with Gasteiger partial charge >= 0.3 is 0 Å². The second-order valence-electron chi connectivity index (χ2n) is 5.55. The van der Waals surface area contributed by atoms with Crippen molar-refractivity contribution >= 4 is 5.91 Å². The van der Waals surface area contributed by atoms with Crippen LogP contribution in [-0.2, 0) is 4.79 Å². The maximum Gasteiger partial charge on any atom is 0.234 e. The fourth-order valence-corrected chi connectivity index (χ4v) is 2.73. The van der Waals surface area contributed by atoms with E-state index in [-0.39, 0.29) is 11.9 Å². The molecule has 4 heteroatoms. The van der Waals surface area contributed by atoms with Gasteiger partial charge in [0, 0.05) is 25.2 Å². The average Bonchev–Trinajstić information content (AvgIpc) is 2.33. The number of piperidine rings is 1. The highest BCUT2D eigenvalue weighted by atomic mass is 16.2. The first-order valence-corrected chi connectivity index (χ1v) is 7.34. The van der Waals surface area contributed by atoms with Gasteiger partial charge in [0.15, 0.2) is 0 Å². The van der Waals surface area contributed by atoms with Crippen molar-refractivity contribution in [3.63, 3.8) is 0 Å². The zero-order valence-corrected chi connectivity index (χ0v) is 12.1. The van der Waals surface area contributed by atoms with E-state index < -0.39 is 0 Å². The molecule has 1 atom stereocenters.